The van der Waals surface area contributed by atoms with Gasteiger partial charge in [0.25, 0.3) is 5.91 Å². The molecule has 2 aliphatic rings. The fraction of sp³-hybridized carbons (Fsp3) is 0.571. The van der Waals surface area contributed by atoms with Crippen molar-refractivity contribution in [3.8, 4) is 0 Å². The minimum atomic E-state index is -0.585. The number of morpholine rings is 1. The molecule has 0 bridgehead atoms. The van der Waals surface area contributed by atoms with E-state index in [2.05, 4.69) is 22.1 Å². The van der Waals surface area contributed by atoms with Crippen LogP contribution in [0.4, 0.5) is 4.39 Å². The van der Waals surface area contributed by atoms with E-state index in [1.54, 1.807) is 0 Å². The van der Waals surface area contributed by atoms with Crippen LogP contribution in [0.3, 0.4) is 0 Å². The lowest BCUT2D eigenvalue weighted by Gasteiger charge is -2.33. The van der Waals surface area contributed by atoms with Gasteiger partial charge in [0.1, 0.15) is 0 Å². The third kappa shape index (κ3) is 2.66. The molecule has 1 aromatic rings. The smallest absolute Gasteiger partial charge is 0.254 e. The van der Waals surface area contributed by atoms with E-state index >= 15 is 0 Å². The van der Waals surface area contributed by atoms with E-state index in [1.807, 2.05) is 0 Å². The molecular formula is C14H18FN3O2. The second-order valence-electron chi connectivity index (χ2n) is 5.51. The second kappa shape index (κ2) is 5.46. The molecule has 3 atom stereocenters. The van der Waals surface area contributed by atoms with Gasteiger partial charge in [0.2, 0.25) is 0 Å². The molecule has 0 spiro atoms. The van der Waals surface area contributed by atoms with Crippen molar-refractivity contribution in [3.05, 3.63) is 29.8 Å². The van der Waals surface area contributed by atoms with Gasteiger partial charge in [-0.05, 0) is 19.4 Å². The number of aromatic nitrogens is 1. The predicted octanol–water partition coefficient (Wildman–Crippen LogP) is 0.812. The van der Waals surface area contributed by atoms with Crippen molar-refractivity contribution in [3.63, 3.8) is 0 Å². The number of nitrogens with zero attached hydrogens (tertiary/aromatic N) is 2. The van der Waals surface area contributed by atoms with Gasteiger partial charge in [0.05, 0.1) is 24.5 Å². The van der Waals surface area contributed by atoms with E-state index in [9.17, 15) is 9.18 Å². The molecule has 20 heavy (non-hydrogen) atoms. The molecule has 0 unspecified atom stereocenters. The first-order valence-corrected chi connectivity index (χ1v) is 6.89. The lowest BCUT2D eigenvalue weighted by Crippen LogP contribution is -2.45. The highest BCUT2D eigenvalue weighted by Gasteiger charge is 2.36. The summed E-state index contributed by atoms with van der Waals surface area (Å²) in [5.41, 5.74) is 0.0505. The Balaban J connectivity index is 1.62. The Morgan fingerprint density at radius 3 is 3.20 bits per heavy atom. The average molecular weight is 279 g/mol. The predicted molar refractivity (Wildman–Crippen MR) is 70.8 cm³/mol. The maximum Gasteiger partial charge on any atom is 0.254 e. The summed E-state index contributed by atoms with van der Waals surface area (Å²) in [5, 5.41) is 2.90. The van der Waals surface area contributed by atoms with Crippen molar-refractivity contribution in [2.75, 3.05) is 19.7 Å². The standard InChI is InChI=1S/C14H18FN3O2/c1-9-6-18-7-10(4-11(18)8-20-9)17-14(19)12-2-3-16-5-13(12)15/h2-3,5,9-11H,4,6-8H2,1H3,(H,17,19)/t9-,10-,11+/m1/s1. The molecule has 0 saturated carbocycles. The summed E-state index contributed by atoms with van der Waals surface area (Å²) in [7, 11) is 0. The van der Waals surface area contributed by atoms with Crippen molar-refractivity contribution >= 4 is 5.91 Å². The van der Waals surface area contributed by atoms with Gasteiger partial charge in [-0.1, -0.05) is 0 Å². The van der Waals surface area contributed by atoms with Crippen molar-refractivity contribution in [2.24, 2.45) is 0 Å². The number of pyridine rings is 1. The Kier molecular flexibility index (Phi) is 3.67. The van der Waals surface area contributed by atoms with Crippen LogP contribution in [0.15, 0.2) is 18.5 Å². The molecule has 2 fully saturated rings. The number of hydrogen-bond acceptors (Lipinski definition) is 4. The molecule has 1 N–H and O–H groups in total. The van der Waals surface area contributed by atoms with E-state index in [1.165, 1.54) is 12.3 Å². The first-order valence-electron chi connectivity index (χ1n) is 6.89. The van der Waals surface area contributed by atoms with E-state index in [0.29, 0.717) is 12.6 Å². The zero-order valence-electron chi connectivity index (χ0n) is 11.4. The molecule has 3 rings (SSSR count). The number of fused-ring (bicyclic) bond motifs is 1. The molecule has 6 heteroatoms. The molecule has 1 amide bonds. The topological polar surface area (TPSA) is 54.5 Å². The Hall–Kier alpha value is -1.53. The van der Waals surface area contributed by atoms with Crippen LogP contribution < -0.4 is 5.32 Å². The summed E-state index contributed by atoms with van der Waals surface area (Å²) in [4.78, 5) is 18.0. The van der Waals surface area contributed by atoms with Crippen LogP contribution in [0.1, 0.15) is 23.7 Å². The number of rotatable bonds is 2. The Morgan fingerprint density at radius 2 is 2.40 bits per heavy atom. The minimum Gasteiger partial charge on any atom is -0.376 e. The van der Waals surface area contributed by atoms with Gasteiger partial charge in [-0.15, -0.1) is 0 Å². The van der Waals surface area contributed by atoms with E-state index in [4.69, 9.17) is 4.74 Å². The number of carbonyl (C=O) groups excluding carboxylic acids is 1. The fourth-order valence-corrected chi connectivity index (χ4v) is 2.97. The van der Waals surface area contributed by atoms with Gasteiger partial charge in [-0.25, -0.2) is 4.39 Å². The number of hydrogen-bond donors (Lipinski definition) is 1. The number of amides is 1. The zero-order chi connectivity index (χ0) is 14.1. The largest absolute Gasteiger partial charge is 0.376 e. The lowest BCUT2D eigenvalue weighted by atomic mass is 10.1. The summed E-state index contributed by atoms with van der Waals surface area (Å²) in [6, 6.07) is 1.81. The highest BCUT2D eigenvalue weighted by atomic mass is 19.1. The molecule has 2 aliphatic heterocycles. The fourth-order valence-electron chi connectivity index (χ4n) is 2.97. The van der Waals surface area contributed by atoms with Crippen LogP contribution in [-0.2, 0) is 4.74 Å². The number of carbonyl (C=O) groups is 1. The van der Waals surface area contributed by atoms with Crippen LogP contribution >= 0.6 is 0 Å². The van der Waals surface area contributed by atoms with Crippen molar-refractivity contribution < 1.29 is 13.9 Å². The quantitative estimate of drug-likeness (QED) is 0.870. The summed E-state index contributed by atoms with van der Waals surface area (Å²) >= 11 is 0. The number of ether oxygens (including phenoxy) is 1. The van der Waals surface area contributed by atoms with Crippen LogP contribution in [0, 0.1) is 5.82 Å². The Labute approximate surface area is 117 Å². The molecule has 0 aliphatic carbocycles. The van der Waals surface area contributed by atoms with Crippen molar-refractivity contribution in [2.45, 2.75) is 31.5 Å². The van der Waals surface area contributed by atoms with Gasteiger partial charge < -0.3 is 10.1 Å². The van der Waals surface area contributed by atoms with E-state index in [-0.39, 0.29) is 23.6 Å². The Bertz CT molecular complexity index is 511. The van der Waals surface area contributed by atoms with Gasteiger partial charge in [0.15, 0.2) is 5.82 Å². The van der Waals surface area contributed by atoms with Crippen LogP contribution in [0.5, 0.6) is 0 Å². The first kappa shape index (κ1) is 13.5. The average Bonchev–Trinajstić information content (AvgIpc) is 2.80. The molecule has 0 radical (unpaired) electrons. The van der Waals surface area contributed by atoms with E-state index < -0.39 is 5.82 Å². The molecule has 108 valence electrons. The van der Waals surface area contributed by atoms with Crippen LogP contribution in [-0.4, -0.2) is 53.7 Å². The van der Waals surface area contributed by atoms with Crippen LogP contribution in [0.25, 0.3) is 0 Å². The van der Waals surface area contributed by atoms with Crippen LogP contribution in [0.2, 0.25) is 0 Å². The molecule has 5 nitrogen and oxygen atoms in total. The number of nitrogens with one attached hydrogen (secondary N) is 1. The molecule has 2 saturated heterocycles. The van der Waals surface area contributed by atoms with E-state index in [0.717, 1.165) is 25.7 Å². The first-order chi connectivity index (χ1) is 9.63. The van der Waals surface area contributed by atoms with Gasteiger partial charge in [-0.3, -0.25) is 14.7 Å². The molecule has 0 aromatic carbocycles. The third-order valence-corrected chi connectivity index (χ3v) is 3.94. The summed E-state index contributed by atoms with van der Waals surface area (Å²) in [5.74, 6) is -0.957. The molecule has 1 aromatic heterocycles. The molecule has 3 heterocycles. The highest BCUT2D eigenvalue weighted by Crippen LogP contribution is 2.23. The number of halogens is 1. The maximum atomic E-state index is 13.5. The second-order valence-corrected chi connectivity index (χ2v) is 5.51. The maximum absolute atomic E-state index is 13.5. The highest BCUT2D eigenvalue weighted by molar-refractivity contribution is 5.94. The van der Waals surface area contributed by atoms with Gasteiger partial charge >= 0.3 is 0 Å². The zero-order valence-corrected chi connectivity index (χ0v) is 11.4. The monoisotopic (exact) mass is 279 g/mol. The Morgan fingerprint density at radius 1 is 1.55 bits per heavy atom. The minimum absolute atomic E-state index is 0.0500. The van der Waals surface area contributed by atoms with Crippen molar-refractivity contribution in [1.29, 1.82) is 0 Å². The normalized spacial score (nSPS) is 30.0. The van der Waals surface area contributed by atoms with Gasteiger partial charge in [-0.2, -0.15) is 0 Å². The SMILES string of the molecule is C[C@@H]1CN2C[C@H](NC(=O)c3ccncc3F)C[C@H]2CO1. The lowest BCUT2D eigenvalue weighted by molar-refractivity contribution is -0.0390. The molecular weight excluding hydrogens is 261 g/mol. The summed E-state index contributed by atoms with van der Waals surface area (Å²) in [6.45, 7) is 4.45. The summed E-state index contributed by atoms with van der Waals surface area (Å²) < 4.78 is 19.1. The summed E-state index contributed by atoms with van der Waals surface area (Å²) in [6.07, 6.45) is 3.57. The van der Waals surface area contributed by atoms with Crippen molar-refractivity contribution in [1.82, 2.24) is 15.2 Å². The van der Waals surface area contributed by atoms with Gasteiger partial charge in [0, 0.05) is 31.4 Å². The third-order valence-electron chi connectivity index (χ3n) is 3.94.